The maximum absolute atomic E-state index is 13.2. The Hall–Kier alpha value is -3.05. The molecule has 0 radical (unpaired) electrons. The summed E-state index contributed by atoms with van der Waals surface area (Å²) < 4.78 is 7.28. The third-order valence-electron chi connectivity index (χ3n) is 5.01. The van der Waals surface area contributed by atoms with Crippen molar-refractivity contribution in [3.63, 3.8) is 0 Å². The molecule has 0 spiro atoms. The van der Waals surface area contributed by atoms with Gasteiger partial charge in [-0.25, -0.2) is 14.5 Å². The Bertz CT molecular complexity index is 1490. The van der Waals surface area contributed by atoms with Gasteiger partial charge in [0.2, 0.25) is 0 Å². The molecule has 1 fully saturated rings. The normalized spacial score (nSPS) is 14.9. The van der Waals surface area contributed by atoms with E-state index in [9.17, 15) is 19.2 Å². The lowest BCUT2D eigenvalue weighted by Crippen LogP contribution is -2.54. The number of ether oxygens (including phenoxy) is 1. The van der Waals surface area contributed by atoms with Crippen molar-refractivity contribution in [2.45, 2.75) is 0 Å². The number of esters is 1. The summed E-state index contributed by atoms with van der Waals surface area (Å²) >= 11 is 15.9. The van der Waals surface area contributed by atoms with E-state index in [4.69, 9.17) is 16.3 Å². The molecular weight excluding hydrogens is 695 g/mol. The number of anilines is 1. The standard InChI is InChI=1S/C26H14Br3ClN2O5/c27-16-4-8-19(9-5-16)32-25(35)20(24(34)31-26(32)36)12-15-11-17(28)13-21(29)23(15)37-22(33)10-3-14-1-6-18(30)7-2-14/h1-13H,(H,31,34,36)/b10-3+,20-12-. The van der Waals surface area contributed by atoms with Gasteiger partial charge >= 0.3 is 12.0 Å². The predicted molar refractivity (Wildman–Crippen MR) is 151 cm³/mol. The Morgan fingerprint density at radius 1 is 0.919 bits per heavy atom. The number of hydrogen-bond acceptors (Lipinski definition) is 5. The zero-order valence-corrected chi connectivity index (χ0v) is 24.0. The number of nitrogens with zero attached hydrogens (tertiary/aromatic N) is 1. The van der Waals surface area contributed by atoms with E-state index in [1.807, 2.05) is 0 Å². The largest absolute Gasteiger partial charge is 0.422 e. The smallest absolute Gasteiger partial charge is 0.336 e. The molecule has 1 N–H and O–H groups in total. The number of carbonyl (C=O) groups is 4. The van der Waals surface area contributed by atoms with Crippen LogP contribution >= 0.6 is 59.4 Å². The molecular formula is C26H14Br3ClN2O5. The van der Waals surface area contributed by atoms with Gasteiger partial charge in [-0.15, -0.1) is 0 Å². The van der Waals surface area contributed by atoms with Gasteiger partial charge in [0.25, 0.3) is 11.8 Å². The second-order valence-corrected chi connectivity index (χ2v) is 10.7. The van der Waals surface area contributed by atoms with E-state index < -0.39 is 23.8 Å². The van der Waals surface area contributed by atoms with E-state index in [0.29, 0.717) is 14.0 Å². The van der Waals surface area contributed by atoms with Crippen molar-refractivity contribution in [2.24, 2.45) is 0 Å². The molecule has 3 aromatic rings. The van der Waals surface area contributed by atoms with E-state index >= 15 is 0 Å². The van der Waals surface area contributed by atoms with Crippen molar-refractivity contribution in [3.8, 4) is 5.75 Å². The fourth-order valence-corrected chi connectivity index (χ4v) is 5.04. The molecule has 0 atom stereocenters. The Balaban J connectivity index is 1.67. The molecule has 186 valence electrons. The topological polar surface area (TPSA) is 92.8 Å². The lowest BCUT2D eigenvalue weighted by atomic mass is 10.1. The number of rotatable bonds is 5. The van der Waals surface area contributed by atoms with Gasteiger partial charge in [-0.2, -0.15) is 0 Å². The molecule has 1 saturated heterocycles. The molecule has 4 rings (SSSR count). The van der Waals surface area contributed by atoms with Crippen LogP contribution in [0, 0.1) is 0 Å². The predicted octanol–water partition coefficient (Wildman–Crippen LogP) is 6.91. The highest BCUT2D eigenvalue weighted by Gasteiger charge is 2.37. The van der Waals surface area contributed by atoms with E-state index in [1.165, 1.54) is 12.2 Å². The summed E-state index contributed by atoms with van der Waals surface area (Å²) in [6, 6.07) is 15.7. The van der Waals surface area contributed by atoms with Crippen LogP contribution in [0.1, 0.15) is 11.1 Å². The summed E-state index contributed by atoms with van der Waals surface area (Å²) in [5.41, 5.74) is 0.943. The van der Waals surface area contributed by atoms with Crippen LogP contribution in [-0.4, -0.2) is 23.8 Å². The molecule has 1 aliphatic rings. The molecule has 0 saturated carbocycles. The molecule has 0 aromatic heterocycles. The highest BCUT2D eigenvalue weighted by Crippen LogP contribution is 2.35. The van der Waals surface area contributed by atoms with Crippen molar-refractivity contribution >= 4 is 101 Å². The molecule has 37 heavy (non-hydrogen) atoms. The van der Waals surface area contributed by atoms with Crippen molar-refractivity contribution < 1.29 is 23.9 Å². The van der Waals surface area contributed by atoms with Gasteiger partial charge in [0.05, 0.1) is 10.2 Å². The summed E-state index contributed by atoms with van der Waals surface area (Å²) in [4.78, 5) is 51.8. The number of hydrogen-bond donors (Lipinski definition) is 1. The molecule has 0 unspecified atom stereocenters. The van der Waals surface area contributed by atoms with Gasteiger partial charge in [-0.3, -0.25) is 14.9 Å². The number of benzene rings is 3. The first-order valence-corrected chi connectivity index (χ1v) is 13.2. The minimum absolute atomic E-state index is 0.0779. The van der Waals surface area contributed by atoms with E-state index in [1.54, 1.807) is 66.7 Å². The van der Waals surface area contributed by atoms with Crippen LogP contribution in [0.5, 0.6) is 5.75 Å². The summed E-state index contributed by atoms with van der Waals surface area (Å²) in [5, 5.41) is 2.74. The number of nitrogens with one attached hydrogen (secondary N) is 1. The third-order valence-corrected chi connectivity index (χ3v) is 6.84. The minimum Gasteiger partial charge on any atom is -0.422 e. The Morgan fingerprint density at radius 3 is 2.27 bits per heavy atom. The maximum atomic E-state index is 13.2. The van der Waals surface area contributed by atoms with Crippen LogP contribution in [0.2, 0.25) is 5.02 Å². The SMILES string of the molecule is O=C(/C=C/c1ccc(Cl)cc1)Oc1c(Br)cc(Br)cc1/C=C1/C(=O)NC(=O)N(c2ccc(Br)cc2)C1=O. The Morgan fingerprint density at radius 2 is 1.59 bits per heavy atom. The third kappa shape index (κ3) is 6.45. The van der Waals surface area contributed by atoms with Crippen LogP contribution in [0.25, 0.3) is 12.2 Å². The fraction of sp³-hybridized carbons (Fsp3) is 0. The number of imide groups is 2. The number of carbonyl (C=O) groups excluding carboxylic acids is 4. The van der Waals surface area contributed by atoms with Gasteiger partial charge in [0.1, 0.15) is 5.57 Å². The van der Waals surface area contributed by atoms with Gasteiger partial charge in [0, 0.05) is 25.6 Å². The van der Waals surface area contributed by atoms with E-state index in [0.717, 1.165) is 14.9 Å². The van der Waals surface area contributed by atoms with Crippen molar-refractivity contribution in [2.75, 3.05) is 4.90 Å². The number of halogens is 4. The number of amides is 4. The average molecular weight is 710 g/mol. The maximum Gasteiger partial charge on any atom is 0.336 e. The summed E-state index contributed by atoms with van der Waals surface area (Å²) in [7, 11) is 0. The highest BCUT2D eigenvalue weighted by molar-refractivity contribution is 9.11. The average Bonchev–Trinajstić information content (AvgIpc) is 2.84. The van der Waals surface area contributed by atoms with E-state index in [2.05, 4.69) is 53.1 Å². The molecule has 1 aliphatic heterocycles. The van der Waals surface area contributed by atoms with Gasteiger partial charge in [-0.1, -0.05) is 55.6 Å². The zero-order chi connectivity index (χ0) is 26.7. The molecule has 0 aliphatic carbocycles. The fourth-order valence-electron chi connectivity index (χ4n) is 3.31. The van der Waals surface area contributed by atoms with Crippen LogP contribution in [-0.2, 0) is 14.4 Å². The van der Waals surface area contributed by atoms with Crippen LogP contribution in [0.15, 0.2) is 85.7 Å². The first-order chi connectivity index (χ1) is 17.6. The summed E-state index contributed by atoms with van der Waals surface area (Å²) in [6.07, 6.45) is 4.06. The zero-order valence-electron chi connectivity index (χ0n) is 18.5. The first-order valence-electron chi connectivity index (χ1n) is 10.4. The second-order valence-electron chi connectivity index (χ2n) is 7.55. The lowest BCUT2D eigenvalue weighted by Gasteiger charge is -2.26. The second kappa shape index (κ2) is 11.6. The van der Waals surface area contributed by atoms with Crippen molar-refractivity contribution in [1.82, 2.24) is 5.32 Å². The monoisotopic (exact) mass is 706 g/mol. The van der Waals surface area contributed by atoms with Crippen molar-refractivity contribution in [1.29, 1.82) is 0 Å². The Labute approximate surface area is 241 Å². The molecule has 1 heterocycles. The van der Waals surface area contributed by atoms with Crippen LogP contribution in [0.4, 0.5) is 10.5 Å². The number of urea groups is 1. The van der Waals surface area contributed by atoms with E-state index in [-0.39, 0.29) is 22.6 Å². The quantitative estimate of drug-likeness (QED) is 0.135. The van der Waals surface area contributed by atoms with Crippen LogP contribution < -0.4 is 15.0 Å². The number of barbiturate groups is 1. The molecule has 11 heteroatoms. The molecule has 4 amide bonds. The van der Waals surface area contributed by atoms with Gasteiger partial charge in [0.15, 0.2) is 5.75 Å². The van der Waals surface area contributed by atoms with Gasteiger partial charge < -0.3 is 4.74 Å². The van der Waals surface area contributed by atoms with Crippen molar-refractivity contribution in [3.05, 3.63) is 102 Å². The Kier molecular flexibility index (Phi) is 8.43. The summed E-state index contributed by atoms with van der Waals surface area (Å²) in [6.45, 7) is 0. The molecule has 3 aromatic carbocycles. The molecule has 7 nitrogen and oxygen atoms in total. The summed E-state index contributed by atoms with van der Waals surface area (Å²) in [5.74, 6) is -2.32. The lowest BCUT2D eigenvalue weighted by molar-refractivity contribution is -0.129. The minimum atomic E-state index is -0.876. The van der Waals surface area contributed by atoms with Gasteiger partial charge in [-0.05, 0) is 82.2 Å². The molecule has 0 bridgehead atoms. The highest BCUT2D eigenvalue weighted by atomic mass is 79.9. The van der Waals surface area contributed by atoms with Crippen LogP contribution in [0.3, 0.4) is 0 Å². The first kappa shape index (κ1) is 27.0.